The highest BCUT2D eigenvalue weighted by Gasteiger charge is 2.29. The molecule has 17 heavy (non-hydrogen) atoms. The van der Waals surface area contributed by atoms with E-state index in [0.29, 0.717) is 18.2 Å². The first-order valence-electron chi connectivity index (χ1n) is 5.98. The third kappa shape index (κ3) is 2.05. The first kappa shape index (κ1) is 10.4. The second-order valence-electron chi connectivity index (χ2n) is 4.76. The van der Waals surface area contributed by atoms with Crippen LogP contribution in [0.5, 0.6) is 0 Å². The summed E-state index contributed by atoms with van der Waals surface area (Å²) in [5.41, 5.74) is 0.622. The lowest BCUT2D eigenvalue weighted by molar-refractivity contribution is -0.123. The van der Waals surface area contributed by atoms with Crippen molar-refractivity contribution in [2.45, 2.75) is 25.4 Å². The van der Waals surface area contributed by atoms with Gasteiger partial charge in [-0.3, -0.25) is 9.59 Å². The Morgan fingerprint density at radius 3 is 3.12 bits per heavy atom. The molecule has 1 aromatic heterocycles. The zero-order chi connectivity index (χ0) is 11.8. The Kier molecular flexibility index (Phi) is 2.39. The van der Waals surface area contributed by atoms with Crippen molar-refractivity contribution < 1.29 is 9.59 Å². The molecule has 2 N–H and O–H groups in total. The fraction of sp³-hybridized carbons (Fsp3) is 0.500. The molecule has 3 rings (SSSR count). The first-order chi connectivity index (χ1) is 8.24. The Morgan fingerprint density at radius 1 is 1.53 bits per heavy atom. The third-order valence-corrected chi connectivity index (χ3v) is 3.33. The number of nitrogens with one attached hydrogen (secondary N) is 2. The molecule has 5 nitrogen and oxygen atoms in total. The van der Waals surface area contributed by atoms with Crippen molar-refractivity contribution in [3.63, 3.8) is 0 Å². The van der Waals surface area contributed by atoms with E-state index in [1.807, 2.05) is 16.8 Å². The van der Waals surface area contributed by atoms with Crippen LogP contribution in [-0.2, 0) is 11.3 Å². The Bertz CT molecular complexity index is 462. The number of hydrogen-bond donors (Lipinski definition) is 2. The van der Waals surface area contributed by atoms with Gasteiger partial charge in [0.15, 0.2) is 0 Å². The van der Waals surface area contributed by atoms with Gasteiger partial charge < -0.3 is 15.2 Å². The molecule has 2 heterocycles. The van der Waals surface area contributed by atoms with Gasteiger partial charge in [-0.05, 0) is 30.9 Å². The van der Waals surface area contributed by atoms with Gasteiger partial charge in [-0.1, -0.05) is 0 Å². The second kappa shape index (κ2) is 3.91. The van der Waals surface area contributed by atoms with Crippen molar-refractivity contribution in [2.75, 3.05) is 6.54 Å². The molecule has 2 aliphatic rings. The zero-order valence-electron chi connectivity index (χ0n) is 9.48. The Labute approximate surface area is 99.2 Å². The molecule has 0 aromatic carbocycles. The summed E-state index contributed by atoms with van der Waals surface area (Å²) in [7, 11) is 0. The highest BCUT2D eigenvalue weighted by Crippen LogP contribution is 2.27. The van der Waals surface area contributed by atoms with E-state index >= 15 is 0 Å². The maximum atomic E-state index is 11.9. The number of fused-ring (bicyclic) bond motifs is 1. The summed E-state index contributed by atoms with van der Waals surface area (Å²) < 4.78 is 1.82. The van der Waals surface area contributed by atoms with Crippen molar-refractivity contribution in [2.24, 2.45) is 5.92 Å². The second-order valence-corrected chi connectivity index (χ2v) is 4.76. The van der Waals surface area contributed by atoms with E-state index < -0.39 is 6.04 Å². The quantitative estimate of drug-likeness (QED) is 0.779. The largest absolute Gasteiger partial charge is 0.354 e. The molecule has 1 aliphatic heterocycles. The van der Waals surface area contributed by atoms with Crippen LogP contribution in [0.15, 0.2) is 18.3 Å². The molecule has 5 heteroatoms. The smallest absolute Gasteiger partial charge is 0.268 e. The third-order valence-electron chi connectivity index (χ3n) is 3.33. The Hall–Kier alpha value is -1.78. The van der Waals surface area contributed by atoms with Crippen LogP contribution in [-0.4, -0.2) is 29.0 Å². The zero-order valence-corrected chi connectivity index (χ0v) is 9.48. The maximum absolute atomic E-state index is 11.9. The number of rotatable bonds is 3. The fourth-order valence-electron chi connectivity index (χ4n) is 2.09. The van der Waals surface area contributed by atoms with Crippen LogP contribution in [0.4, 0.5) is 0 Å². The number of amides is 2. The number of aromatic nitrogens is 1. The summed E-state index contributed by atoms with van der Waals surface area (Å²) >= 11 is 0. The number of carbonyl (C=O) groups excluding carboxylic acids is 2. The molecule has 0 bridgehead atoms. The van der Waals surface area contributed by atoms with Gasteiger partial charge in [-0.2, -0.15) is 0 Å². The Balaban J connectivity index is 1.65. The predicted molar refractivity (Wildman–Crippen MR) is 61.4 cm³/mol. The molecule has 1 aromatic rings. The van der Waals surface area contributed by atoms with E-state index in [2.05, 4.69) is 10.6 Å². The molecular weight excluding hydrogens is 218 g/mol. The summed E-state index contributed by atoms with van der Waals surface area (Å²) in [6, 6.07) is 3.13. The molecule has 1 saturated carbocycles. The molecule has 90 valence electrons. The van der Waals surface area contributed by atoms with E-state index in [1.54, 1.807) is 6.07 Å². The summed E-state index contributed by atoms with van der Waals surface area (Å²) in [6.07, 6.45) is 4.24. The van der Waals surface area contributed by atoms with E-state index in [0.717, 1.165) is 6.54 Å². The van der Waals surface area contributed by atoms with E-state index in [4.69, 9.17) is 0 Å². The predicted octanol–water partition coefficient (Wildman–Crippen LogP) is 0.126. The topological polar surface area (TPSA) is 63.1 Å². The van der Waals surface area contributed by atoms with Crippen molar-refractivity contribution in [1.29, 1.82) is 0 Å². The minimum atomic E-state index is -0.443. The number of nitrogens with zero attached hydrogens (tertiary/aromatic N) is 1. The van der Waals surface area contributed by atoms with Crippen LogP contribution in [0.25, 0.3) is 0 Å². The average molecular weight is 233 g/mol. The highest BCUT2D eigenvalue weighted by molar-refractivity contribution is 5.97. The van der Waals surface area contributed by atoms with Crippen molar-refractivity contribution in [1.82, 2.24) is 15.2 Å². The standard InChI is InChI=1S/C12H15N3O2/c16-11(13-6-8-3-4-8)9-7-15-5-1-2-10(15)12(17)14-9/h1-2,5,8-9H,3-4,6-7H2,(H,13,16)(H,14,17). The van der Waals surface area contributed by atoms with E-state index in [9.17, 15) is 9.59 Å². The molecule has 0 saturated heterocycles. The van der Waals surface area contributed by atoms with Crippen molar-refractivity contribution >= 4 is 11.8 Å². The van der Waals surface area contributed by atoms with Gasteiger partial charge in [-0.15, -0.1) is 0 Å². The minimum absolute atomic E-state index is 0.0791. The van der Waals surface area contributed by atoms with Crippen LogP contribution in [0, 0.1) is 5.92 Å². The highest BCUT2D eigenvalue weighted by atomic mass is 16.2. The molecule has 1 aliphatic carbocycles. The van der Waals surface area contributed by atoms with Gasteiger partial charge >= 0.3 is 0 Å². The molecule has 1 atom stereocenters. The normalized spacial score (nSPS) is 22.8. The van der Waals surface area contributed by atoms with Gasteiger partial charge in [0, 0.05) is 12.7 Å². The van der Waals surface area contributed by atoms with Crippen LogP contribution >= 0.6 is 0 Å². The Morgan fingerprint density at radius 2 is 2.35 bits per heavy atom. The van der Waals surface area contributed by atoms with Crippen LogP contribution in [0.3, 0.4) is 0 Å². The number of hydrogen-bond acceptors (Lipinski definition) is 2. The molecular formula is C12H15N3O2. The lowest BCUT2D eigenvalue weighted by Crippen LogP contribution is -2.52. The molecule has 0 radical (unpaired) electrons. The first-order valence-corrected chi connectivity index (χ1v) is 5.98. The van der Waals surface area contributed by atoms with Gasteiger partial charge in [0.25, 0.3) is 5.91 Å². The number of carbonyl (C=O) groups is 2. The lowest BCUT2D eigenvalue weighted by Gasteiger charge is -2.24. The minimum Gasteiger partial charge on any atom is -0.354 e. The molecule has 2 amide bonds. The molecule has 0 spiro atoms. The van der Waals surface area contributed by atoms with Crippen LogP contribution in [0.1, 0.15) is 23.3 Å². The summed E-state index contributed by atoms with van der Waals surface area (Å²) in [5, 5.41) is 5.62. The SMILES string of the molecule is O=C1NC(C(=O)NCC2CC2)Cn2cccc21. The fourth-order valence-corrected chi connectivity index (χ4v) is 2.09. The van der Waals surface area contributed by atoms with Crippen LogP contribution in [0.2, 0.25) is 0 Å². The van der Waals surface area contributed by atoms with Gasteiger partial charge in [0.2, 0.25) is 5.91 Å². The van der Waals surface area contributed by atoms with Gasteiger partial charge in [0.1, 0.15) is 11.7 Å². The van der Waals surface area contributed by atoms with Crippen molar-refractivity contribution in [3.8, 4) is 0 Å². The summed E-state index contributed by atoms with van der Waals surface area (Å²) in [4.78, 5) is 23.6. The van der Waals surface area contributed by atoms with E-state index in [-0.39, 0.29) is 11.8 Å². The maximum Gasteiger partial charge on any atom is 0.268 e. The molecule has 1 unspecified atom stereocenters. The monoisotopic (exact) mass is 233 g/mol. The average Bonchev–Trinajstić information content (AvgIpc) is 3.02. The summed E-state index contributed by atoms with van der Waals surface area (Å²) in [6.45, 7) is 1.26. The molecule has 1 fully saturated rings. The van der Waals surface area contributed by atoms with Gasteiger partial charge in [0.05, 0.1) is 6.54 Å². The summed E-state index contributed by atoms with van der Waals surface area (Å²) in [5.74, 6) is 0.401. The van der Waals surface area contributed by atoms with Gasteiger partial charge in [-0.25, -0.2) is 0 Å². The van der Waals surface area contributed by atoms with E-state index in [1.165, 1.54) is 12.8 Å². The van der Waals surface area contributed by atoms with Crippen molar-refractivity contribution in [3.05, 3.63) is 24.0 Å². The van der Waals surface area contributed by atoms with Crippen LogP contribution < -0.4 is 10.6 Å². The lowest BCUT2D eigenvalue weighted by atomic mass is 10.2.